The van der Waals surface area contributed by atoms with Crippen molar-refractivity contribution in [2.45, 2.75) is 32.4 Å². The summed E-state index contributed by atoms with van der Waals surface area (Å²) in [5.74, 6) is -2.53. The van der Waals surface area contributed by atoms with E-state index in [-0.39, 0.29) is 48.0 Å². The maximum absolute atomic E-state index is 11.4. The number of carboxylic acids is 1. The Hall–Kier alpha value is -0.150. The molecule has 0 spiro atoms. The summed E-state index contributed by atoms with van der Waals surface area (Å²) in [5, 5.41) is 6.40. The Kier molecular flexibility index (Phi) is 9.92. The van der Waals surface area contributed by atoms with Crippen molar-refractivity contribution < 1.29 is 32.4 Å². The second-order valence-corrected chi connectivity index (χ2v) is 6.05. The number of carbonyl (C=O) groups is 2. The maximum atomic E-state index is 11.4. The Morgan fingerprint density at radius 2 is 1.68 bits per heavy atom. The van der Waals surface area contributed by atoms with Crippen LogP contribution in [0.4, 0.5) is 0 Å². The van der Waals surface area contributed by atoms with Gasteiger partial charge >= 0.3 is 41.5 Å². The van der Waals surface area contributed by atoms with Crippen molar-refractivity contribution in [1.29, 1.82) is 0 Å². The molecule has 0 aliphatic rings. The Balaban J connectivity index is 0. The van der Waals surface area contributed by atoms with Gasteiger partial charge in [-0.2, -0.15) is 8.42 Å². The van der Waals surface area contributed by atoms with Gasteiger partial charge in [-0.3, -0.25) is 14.1 Å². The van der Waals surface area contributed by atoms with Gasteiger partial charge < -0.3 is 9.84 Å². The topological polar surface area (TPSA) is 118 Å². The third kappa shape index (κ3) is 8.59. The van der Waals surface area contributed by atoms with Gasteiger partial charge in [0.15, 0.2) is 5.25 Å². The predicted molar refractivity (Wildman–Crippen MR) is 69.7 cm³/mol. The standard InChI is InChI=1S/C10H18O7S.Na.H/c1-6(2)7(3)5-17-10(13)8(4-9(11)12)18(14,15)16;;/h6-8H,4-5H2,1-3H3,(H,11,12)(H,14,15,16);;. The van der Waals surface area contributed by atoms with E-state index >= 15 is 0 Å². The molecule has 0 amide bonds. The van der Waals surface area contributed by atoms with Gasteiger partial charge in [0.05, 0.1) is 13.0 Å². The van der Waals surface area contributed by atoms with Gasteiger partial charge in [-0.15, -0.1) is 0 Å². The minimum absolute atomic E-state index is 0. The monoisotopic (exact) mass is 306 g/mol. The van der Waals surface area contributed by atoms with E-state index in [0.29, 0.717) is 0 Å². The zero-order valence-corrected chi connectivity index (χ0v) is 11.3. The van der Waals surface area contributed by atoms with Gasteiger partial charge in [0.25, 0.3) is 10.1 Å². The number of esters is 1. The Bertz CT molecular complexity index is 404. The number of hydrogen-bond acceptors (Lipinski definition) is 5. The first-order chi connectivity index (χ1) is 8.05. The van der Waals surface area contributed by atoms with Crippen LogP contribution >= 0.6 is 0 Å². The SMILES string of the molecule is CC(C)C(C)COC(=O)C(CC(=O)O)S(=O)(=O)O.[NaH]. The van der Waals surface area contributed by atoms with E-state index in [0.717, 1.165) is 0 Å². The van der Waals surface area contributed by atoms with E-state index in [1.54, 1.807) is 6.92 Å². The van der Waals surface area contributed by atoms with Gasteiger partial charge in [0.1, 0.15) is 0 Å². The molecule has 0 radical (unpaired) electrons. The molecule has 0 saturated heterocycles. The summed E-state index contributed by atoms with van der Waals surface area (Å²) in [5.41, 5.74) is 0. The summed E-state index contributed by atoms with van der Waals surface area (Å²) >= 11 is 0. The molecule has 19 heavy (non-hydrogen) atoms. The molecular weight excluding hydrogens is 287 g/mol. The van der Waals surface area contributed by atoms with Crippen molar-refractivity contribution >= 4 is 51.6 Å². The van der Waals surface area contributed by atoms with Crippen molar-refractivity contribution in [1.82, 2.24) is 0 Å². The molecule has 0 saturated carbocycles. The van der Waals surface area contributed by atoms with Crippen molar-refractivity contribution in [3.8, 4) is 0 Å². The number of carboxylic acid groups (broad SMARTS) is 1. The molecule has 0 aliphatic carbocycles. The molecule has 0 rings (SSSR count). The Labute approximate surface area is 134 Å². The van der Waals surface area contributed by atoms with Crippen LogP contribution in [0.15, 0.2) is 0 Å². The fourth-order valence-electron chi connectivity index (χ4n) is 0.968. The first kappa shape index (κ1) is 21.2. The average molecular weight is 306 g/mol. The summed E-state index contributed by atoms with van der Waals surface area (Å²) in [6, 6.07) is 0. The number of carbonyl (C=O) groups excluding carboxylic acids is 1. The van der Waals surface area contributed by atoms with Crippen LogP contribution in [0.1, 0.15) is 27.2 Å². The van der Waals surface area contributed by atoms with Crippen LogP contribution in [0.2, 0.25) is 0 Å². The predicted octanol–water partition coefficient (Wildman–Crippen LogP) is -0.0957. The second-order valence-electron chi connectivity index (χ2n) is 4.45. The molecular formula is C10H19NaO7S. The molecule has 2 N–H and O–H groups in total. The van der Waals surface area contributed by atoms with Gasteiger partial charge in [0, 0.05) is 0 Å². The summed E-state index contributed by atoms with van der Waals surface area (Å²) in [4.78, 5) is 21.9. The molecule has 0 fully saturated rings. The van der Waals surface area contributed by atoms with Crippen LogP contribution in [0.3, 0.4) is 0 Å². The zero-order chi connectivity index (χ0) is 14.5. The summed E-state index contributed by atoms with van der Waals surface area (Å²) < 4.78 is 35.2. The van der Waals surface area contributed by atoms with Crippen molar-refractivity contribution in [3.63, 3.8) is 0 Å². The molecule has 0 heterocycles. The second kappa shape index (κ2) is 8.91. The van der Waals surface area contributed by atoms with Crippen LogP contribution in [0.25, 0.3) is 0 Å². The van der Waals surface area contributed by atoms with Crippen molar-refractivity contribution in [3.05, 3.63) is 0 Å². The zero-order valence-electron chi connectivity index (χ0n) is 10.5. The molecule has 2 atom stereocenters. The molecule has 0 aromatic heterocycles. The van der Waals surface area contributed by atoms with Crippen LogP contribution < -0.4 is 0 Å². The molecule has 0 aromatic rings. The molecule has 108 valence electrons. The number of aliphatic carboxylic acids is 1. The van der Waals surface area contributed by atoms with E-state index in [4.69, 9.17) is 14.4 Å². The molecule has 9 heteroatoms. The molecule has 0 bridgehead atoms. The van der Waals surface area contributed by atoms with E-state index in [2.05, 4.69) is 0 Å². The minimum atomic E-state index is -4.78. The van der Waals surface area contributed by atoms with Gasteiger partial charge in [-0.1, -0.05) is 20.8 Å². The van der Waals surface area contributed by atoms with Gasteiger partial charge in [-0.25, -0.2) is 0 Å². The first-order valence-electron chi connectivity index (χ1n) is 5.40. The molecule has 7 nitrogen and oxygen atoms in total. The van der Waals surface area contributed by atoms with Gasteiger partial charge in [-0.05, 0) is 11.8 Å². The van der Waals surface area contributed by atoms with Crippen LogP contribution in [0, 0.1) is 11.8 Å². The third-order valence-electron chi connectivity index (χ3n) is 2.61. The molecule has 0 aromatic carbocycles. The van der Waals surface area contributed by atoms with Crippen LogP contribution in [-0.2, 0) is 24.4 Å². The summed E-state index contributed by atoms with van der Waals surface area (Å²) in [6.07, 6.45) is -1.02. The Morgan fingerprint density at radius 3 is 2.00 bits per heavy atom. The normalized spacial score (nSPS) is 14.4. The summed E-state index contributed by atoms with van der Waals surface area (Å²) in [7, 11) is -4.78. The van der Waals surface area contributed by atoms with E-state index < -0.39 is 33.7 Å². The van der Waals surface area contributed by atoms with Gasteiger partial charge in [0.2, 0.25) is 0 Å². The fraction of sp³-hybridized carbons (Fsp3) is 0.800. The molecule has 2 unspecified atom stereocenters. The number of hydrogen-bond donors (Lipinski definition) is 2. The van der Waals surface area contributed by atoms with E-state index in [1.165, 1.54) is 0 Å². The Morgan fingerprint density at radius 1 is 1.21 bits per heavy atom. The van der Waals surface area contributed by atoms with E-state index in [9.17, 15) is 18.0 Å². The summed E-state index contributed by atoms with van der Waals surface area (Å²) in [6.45, 7) is 5.58. The first-order valence-corrected chi connectivity index (χ1v) is 6.90. The van der Waals surface area contributed by atoms with E-state index in [1.807, 2.05) is 13.8 Å². The van der Waals surface area contributed by atoms with Crippen LogP contribution in [0.5, 0.6) is 0 Å². The quantitative estimate of drug-likeness (QED) is 0.383. The van der Waals surface area contributed by atoms with Crippen LogP contribution in [-0.4, -0.2) is 71.4 Å². The molecule has 0 aliphatic heterocycles. The average Bonchev–Trinajstić information content (AvgIpc) is 2.19. The number of ether oxygens (including phenoxy) is 1. The third-order valence-corrected chi connectivity index (χ3v) is 3.69. The number of rotatable bonds is 7. The van der Waals surface area contributed by atoms with Crippen molar-refractivity contribution in [2.75, 3.05) is 6.61 Å². The fourth-order valence-corrected chi connectivity index (χ4v) is 1.63. The van der Waals surface area contributed by atoms with Crippen molar-refractivity contribution in [2.24, 2.45) is 11.8 Å².